The second kappa shape index (κ2) is 13.9. The van der Waals surface area contributed by atoms with Crippen molar-refractivity contribution in [1.82, 2.24) is 14.8 Å². The number of anilines is 1. The quantitative estimate of drug-likeness (QED) is 0.145. The Bertz CT molecular complexity index is 1590. The molecule has 2 heterocycles. The number of nitrogens with zero attached hydrogens (tertiary/aromatic N) is 3. The molecule has 4 aromatic rings. The molecule has 2 atom stereocenters. The van der Waals surface area contributed by atoms with Crippen LogP contribution in [-0.4, -0.2) is 55.0 Å². The summed E-state index contributed by atoms with van der Waals surface area (Å²) in [6.45, 7) is 2.10. The first-order valence-electron chi connectivity index (χ1n) is 13.6. The largest absolute Gasteiger partial charge is 0.446 e. The third-order valence-corrected chi connectivity index (χ3v) is 9.19. The minimum Gasteiger partial charge on any atom is -0.382 e. The summed E-state index contributed by atoms with van der Waals surface area (Å²) in [5, 5.41) is 17.6. The number of aliphatic hydroxyl groups is 1. The zero-order chi connectivity index (χ0) is 32.2. The predicted molar refractivity (Wildman–Crippen MR) is 159 cm³/mol. The summed E-state index contributed by atoms with van der Waals surface area (Å²) >= 11 is 1.10. The van der Waals surface area contributed by atoms with Crippen molar-refractivity contribution in [3.8, 4) is 0 Å². The highest BCUT2D eigenvalue weighted by Crippen LogP contribution is 2.40. The van der Waals surface area contributed by atoms with Crippen LogP contribution in [0.4, 0.5) is 27.6 Å². The monoisotopic (exact) mass is 666 g/mol. The van der Waals surface area contributed by atoms with Crippen molar-refractivity contribution in [3.05, 3.63) is 108 Å². The van der Waals surface area contributed by atoms with Gasteiger partial charge in [-0.3, -0.25) is 4.79 Å². The van der Waals surface area contributed by atoms with E-state index in [9.17, 15) is 31.9 Å². The van der Waals surface area contributed by atoms with Gasteiger partial charge >= 0.3 is 5.51 Å². The molecule has 1 fully saturated rings. The van der Waals surface area contributed by atoms with Crippen LogP contribution in [0.15, 0.2) is 84.3 Å². The van der Waals surface area contributed by atoms with Gasteiger partial charge in [0, 0.05) is 38.6 Å². The summed E-state index contributed by atoms with van der Waals surface area (Å²) in [4.78, 5) is 16.5. The molecule has 238 valence electrons. The van der Waals surface area contributed by atoms with Crippen LogP contribution in [0.1, 0.15) is 34.7 Å². The zero-order valence-electron chi connectivity index (χ0n) is 23.6. The summed E-state index contributed by atoms with van der Waals surface area (Å²) in [5.41, 5.74) is -4.91. The Kier molecular flexibility index (Phi) is 10.1. The van der Waals surface area contributed by atoms with Crippen LogP contribution < -0.4 is 5.32 Å². The van der Waals surface area contributed by atoms with Crippen LogP contribution in [0.25, 0.3) is 0 Å². The smallest absolute Gasteiger partial charge is 0.382 e. The number of aromatic nitrogens is 3. The van der Waals surface area contributed by atoms with Crippen molar-refractivity contribution >= 4 is 35.1 Å². The normalized spacial score (nSPS) is 19.1. The third-order valence-electron chi connectivity index (χ3n) is 6.99. The number of benzene rings is 3. The number of hydrogen-bond donors (Lipinski definition) is 2. The molecule has 1 saturated heterocycles. The molecule has 0 aliphatic carbocycles. The second-order valence-electron chi connectivity index (χ2n) is 10.2. The highest BCUT2D eigenvalue weighted by molar-refractivity contribution is 8.00. The van der Waals surface area contributed by atoms with Gasteiger partial charge in [0.05, 0.1) is 25.0 Å². The van der Waals surface area contributed by atoms with Gasteiger partial charge in [-0.05, 0) is 54.2 Å². The average Bonchev–Trinajstić information content (AvgIpc) is 3.50. The van der Waals surface area contributed by atoms with Gasteiger partial charge in [-0.1, -0.05) is 25.1 Å². The molecule has 0 unspecified atom stereocenters. The van der Waals surface area contributed by atoms with Crippen molar-refractivity contribution in [2.45, 2.75) is 46.3 Å². The summed E-state index contributed by atoms with van der Waals surface area (Å²) < 4.78 is 79.3. The Morgan fingerprint density at radius 1 is 1.07 bits per heavy atom. The summed E-state index contributed by atoms with van der Waals surface area (Å²) in [6, 6.07) is 14.9. The van der Waals surface area contributed by atoms with E-state index in [1.807, 2.05) is 0 Å². The van der Waals surface area contributed by atoms with Crippen molar-refractivity contribution in [2.24, 2.45) is 0 Å². The highest BCUT2D eigenvalue weighted by atomic mass is 32.2. The number of halogens is 5. The van der Waals surface area contributed by atoms with Crippen LogP contribution in [0.2, 0.25) is 0 Å². The van der Waals surface area contributed by atoms with Gasteiger partial charge < -0.3 is 19.9 Å². The number of ether oxygens (including phenoxy) is 2. The fraction of sp³-hybridized carbons (Fsp3) is 0.300. The minimum absolute atomic E-state index is 0.0108. The molecule has 1 amide bonds. The Morgan fingerprint density at radius 2 is 1.76 bits per heavy atom. The number of carbonyl (C=O) groups excluding carboxylic acids is 1. The van der Waals surface area contributed by atoms with Crippen LogP contribution in [0.3, 0.4) is 0 Å². The van der Waals surface area contributed by atoms with Crippen LogP contribution >= 0.6 is 23.5 Å². The molecule has 0 spiro atoms. The maximum atomic E-state index is 14.8. The summed E-state index contributed by atoms with van der Waals surface area (Å²) in [5.74, 6) is -2.08. The van der Waals surface area contributed by atoms with Crippen LogP contribution in [-0.2, 0) is 21.6 Å². The Morgan fingerprint density at radius 3 is 2.36 bits per heavy atom. The molecule has 3 aromatic carbocycles. The molecule has 5 rings (SSSR count). The molecular formula is C30H27F5N4O4S2. The first-order chi connectivity index (χ1) is 21.4. The van der Waals surface area contributed by atoms with E-state index in [-0.39, 0.29) is 47.2 Å². The van der Waals surface area contributed by atoms with Crippen molar-refractivity contribution in [2.75, 3.05) is 18.5 Å². The number of nitrogens with one attached hydrogen (secondary N) is 1. The fourth-order valence-electron chi connectivity index (χ4n) is 4.73. The first kappa shape index (κ1) is 32.9. The molecule has 0 radical (unpaired) electrons. The van der Waals surface area contributed by atoms with E-state index in [1.54, 1.807) is 31.2 Å². The lowest BCUT2D eigenvalue weighted by Gasteiger charge is -2.37. The lowest BCUT2D eigenvalue weighted by molar-refractivity contribution is -0.180. The van der Waals surface area contributed by atoms with Gasteiger partial charge in [0.2, 0.25) is 0 Å². The Labute approximate surface area is 263 Å². The van der Waals surface area contributed by atoms with E-state index in [1.165, 1.54) is 59.4 Å². The molecule has 8 nitrogen and oxygen atoms in total. The van der Waals surface area contributed by atoms with E-state index in [2.05, 4.69) is 15.4 Å². The highest BCUT2D eigenvalue weighted by Gasteiger charge is 2.41. The molecule has 1 aromatic heterocycles. The topological polar surface area (TPSA) is 98.5 Å². The molecular weight excluding hydrogens is 639 g/mol. The Hall–Kier alpha value is -3.50. The van der Waals surface area contributed by atoms with Crippen LogP contribution in [0.5, 0.6) is 0 Å². The molecule has 0 saturated carbocycles. The van der Waals surface area contributed by atoms with Gasteiger partial charge in [0.15, 0.2) is 6.29 Å². The standard InChI is InChI=1S/C30H27F5N4O4S2/c1-18(29(41,15-39-17-36-16-37-39)25-11-6-21(31)12-26(25)32)44-24-13-42-28(43-14-24)20-4-2-19(3-5-20)27(40)38-22-7-9-23(10-8-22)45-30(33,34)35/h2-12,16-18,24,28,41H,13-15H2,1H3,(H,38,40)/t18-,24?,28?,29-/m1/s1. The molecule has 45 heavy (non-hydrogen) atoms. The van der Waals surface area contributed by atoms with E-state index in [0.717, 1.165) is 12.1 Å². The van der Waals surface area contributed by atoms with Gasteiger partial charge in [-0.2, -0.15) is 18.3 Å². The molecule has 15 heteroatoms. The third kappa shape index (κ3) is 8.41. The summed E-state index contributed by atoms with van der Waals surface area (Å²) in [7, 11) is 0. The number of rotatable bonds is 10. The van der Waals surface area contributed by atoms with Gasteiger partial charge in [-0.15, -0.1) is 11.8 Å². The molecule has 1 aliphatic heterocycles. The Balaban J connectivity index is 1.17. The minimum atomic E-state index is -4.40. The van der Waals surface area contributed by atoms with Gasteiger partial charge in [0.1, 0.15) is 29.9 Å². The van der Waals surface area contributed by atoms with Crippen molar-refractivity contribution in [1.29, 1.82) is 0 Å². The van der Waals surface area contributed by atoms with Crippen molar-refractivity contribution < 1.29 is 41.3 Å². The lowest BCUT2D eigenvalue weighted by Crippen LogP contribution is -2.43. The van der Waals surface area contributed by atoms with Gasteiger partial charge in [0.25, 0.3) is 5.91 Å². The summed E-state index contributed by atoms with van der Waals surface area (Å²) in [6.07, 6.45) is 1.98. The molecule has 0 bridgehead atoms. The number of hydrogen-bond acceptors (Lipinski definition) is 8. The maximum Gasteiger partial charge on any atom is 0.446 e. The average molecular weight is 667 g/mol. The zero-order valence-corrected chi connectivity index (χ0v) is 25.2. The van der Waals surface area contributed by atoms with E-state index in [0.29, 0.717) is 16.8 Å². The number of carbonyl (C=O) groups is 1. The predicted octanol–water partition coefficient (Wildman–Crippen LogP) is 6.54. The van der Waals surface area contributed by atoms with E-state index >= 15 is 0 Å². The van der Waals surface area contributed by atoms with Crippen LogP contribution in [0, 0.1) is 11.6 Å². The van der Waals surface area contributed by atoms with Crippen molar-refractivity contribution in [3.63, 3.8) is 0 Å². The first-order valence-corrected chi connectivity index (χ1v) is 15.3. The number of alkyl halides is 3. The number of amides is 1. The van der Waals surface area contributed by atoms with E-state index in [4.69, 9.17) is 9.47 Å². The van der Waals surface area contributed by atoms with E-state index < -0.39 is 40.2 Å². The number of thioether (sulfide) groups is 2. The SMILES string of the molecule is C[C@@H](SC1COC(c2ccc(C(=O)Nc3ccc(SC(F)(F)F)cc3)cc2)OC1)[C@](O)(Cn1cncn1)c1ccc(F)cc1F. The lowest BCUT2D eigenvalue weighted by atomic mass is 9.90. The molecule has 2 N–H and O–H groups in total. The fourth-order valence-corrected chi connectivity index (χ4v) is 6.59. The molecule has 1 aliphatic rings. The second-order valence-corrected chi connectivity index (χ2v) is 13.0. The van der Waals surface area contributed by atoms with Gasteiger partial charge in [-0.25, -0.2) is 18.4 Å². The maximum absolute atomic E-state index is 14.8.